The maximum Gasteiger partial charge on any atom is 0.238 e. The fourth-order valence-corrected chi connectivity index (χ4v) is 6.77. The quantitative estimate of drug-likeness (QED) is 0.518. The number of rotatable bonds is 6. The van der Waals surface area contributed by atoms with Crippen LogP contribution < -0.4 is 0 Å². The van der Waals surface area contributed by atoms with Gasteiger partial charge in [-0.3, -0.25) is 9.69 Å². The number of amides is 1. The van der Waals surface area contributed by atoms with Gasteiger partial charge in [-0.2, -0.15) is 0 Å². The highest BCUT2D eigenvalue weighted by Gasteiger charge is 2.53. The van der Waals surface area contributed by atoms with Crippen LogP contribution in [-0.4, -0.2) is 100 Å². The first-order valence-electron chi connectivity index (χ1n) is 14.5. The first-order valence-corrected chi connectivity index (χ1v) is 14.5. The molecule has 0 spiro atoms. The summed E-state index contributed by atoms with van der Waals surface area (Å²) in [6, 6.07) is 2.82. The zero-order valence-corrected chi connectivity index (χ0v) is 24.1. The second-order valence-electron chi connectivity index (χ2n) is 12.1. The maximum absolute atomic E-state index is 14.8. The lowest BCUT2D eigenvalue weighted by Gasteiger charge is -2.51. The van der Waals surface area contributed by atoms with E-state index in [0.717, 1.165) is 25.7 Å². The highest BCUT2D eigenvalue weighted by Crippen LogP contribution is 2.40. The van der Waals surface area contributed by atoms with Crippen molar-refractivity contribution in [3.8, 4) is 11.3 Å². The first-order chi connectivity index (χ1) is 19.6. The van der Waals surface area contributed by atoms with Crippen LogP contribution in [0.5, 0.6) is 0 Å². The van der Waals surface area contributed by atoms with Crippen LogP contribution in [-0.2, 0) is 23.7 Å². The molecule has 0 N–H and O–H groups in total. The summed E-state index contributed by atoms with van der Waals surface area (Å²) in [5, 5.41) is 8.54. The first kappa shape index (κ1) is 28.6. The van der Waals surface area contributed by atoms with Crippen molar-refractivity contribution in [2.24, 2.45) is 0 Å². The molecule has 2 aromatic rings. The predicted molar refractivity (Wildman–Crippen MR) is 144 cm³/mol. The Morgan fingerprint density at radius 3 is 2.68 bits per heavy atom. The highest BCUT2D eigenvalue weighted by molar-refractivity contribution is 5.80. The van der Waals surface area contributed by atoms with Crippen LogP contribution in [0.15, 0.2) is 18.3 Å². The molecule has 1 amide bonds. The largest absolute Gasteiger partial charge is 0.376 e. The number of nitrogens with zero attached hydrogens (tertiary/aromatic N) is 5. The summed E-state index contributed by atoms with van der Waals surface area (Å²) in [7, 11) is 1.61. The number of ether oxygens (including phenoxy) is 4. The number of halogens is 2. The minimum Gasteiger partial charge on any atom is -0.376 e. The van der Waals surface area contributed by atoms with E-state index in [9.17, 15) is 13.6 Å². The zero-order chi connectivity index (χ0) is 28.9. The Morgan fingerprint density at radius 2 is 1.93 bits per heavy atom. The van der Waals surface area contributed by atoms with Crippen molar-refractivity contribution in [3.05, 3.63) is 35.5 Å². The van der Waals surface area contributed by atoms with Gasteiger partial charge in [-0.05, 0) is 45.2 Å². The lowest BCUT2D eigenvalue weighted by atomic mass is 9.90. The van der Waals surface area contributed by atoms with Gasteiger partial charge in [-0.1, -0.05) is 30.5 Å². The molecular weight excluding hydrogens is 536 g/mol. The average molecular weight is 576 g/mol. The molecule has 4 fully saturated rings. The molecule has 5 atom stereocenters. The van der Waals surface area contributed by atoms with Crippen molar-refractivity contribution in [2.75, 3.05) is 33.5 Å². The van der Waals surface area contributed by atoms with E-state index in [2.05, 4.69) is 15.2 Å². The Kier molecular flexibility index (Phi) is 7.88. The lowest BCUT2D eigenvalue weighted by molar-refractivity contribution is -0.350. The van der Waals surface area contributed by atoms with E-state index in [1.54, 1.807) is 18.0 Å². The minimum atomic E-state index is -0.965. The molecule has 41 heavy (non-hydrogen) atoms. The van der Waals surface area contributed by atoms with E-state index in [4.69, 9.17) is 18.9 Å². The van der Waals surface area contributed by atoms with Crippen LogP contribution in [0.25, 0.3) is 11.3 Å². The minimum absolute atomic E-state index is 0.0279. The molecule has 1 aromatic heterocycles. The van der Waals surface area contributed by atoms with E-state index >= 15 is 0 Å². The summed E-state index contributed by atoms with van der Waals surface area (Å²) >= 11 is 0. The van der Waals surface area contributed by atoms with Gasteiger partial charge in [-0.25, -0.2) is 13.5 Å². The average Bonchev–Trinajstić information content (AvgIpc) is 3.58. The van der Waals surface area contributed by atoms with Crippen LogP contribution in [0.2, 0.25) is 0 Å². The van der Waals surface area contributed by atoms with Crippen molar-refractivity contribution in [2.45, 2.75) is 95.2 Å². The van der Waals surface area contributed by atoms with E-state index in [1.807, 2.05) is 18.7 Å². The van der Waals surface area contributed by atoms with E-state index < -0.39 is 47.9 Å². The van der Waals surface area contributed by atoms with E-state index in [0.29, 0.717) is 32.4 Å². The Labute approximate surface area is 238 Å². The number of fused-ring (bicyclic) bond motifs is 1. The monoisotopic (exact) mass is 575 g/mol. The summed E-state index contributed by atoms with van der Waals surface area (Å²) in [4.78, 5) is 17.1. The molecule has 10 nitrogen and oxygen atoms in total. The third-order valence-corrected chi connectivity index (χ3v) is 8.90. The summed E-state index contributed by atoms with van der Waals surface area (Å²) in [5.74, 6) is -2.59. The standard InChI is InChI=1S/C29H39F2N5O5/c1-17-10-11-19(25(31)24(17)30)20-12-36(33-32-20)26-27(38-4)21(40-22-15-39-29(2,3)41-28(22)26)13-34-14-23(37)35(16-34)18-8-6-5-7-9-18/h10-12,18,21-22,26-28H,5-9,13-16H2,1-4H3/t21-,22-,26-,27+,28+/m1/s1. The number of carbonyl (C=O) groups is 1. The molecule has 0 unspecified atom stereocenters. The second-order valence-corrected chi connectivity index (χ2v) is 12.1. The zero-order valence-electron chi connectivity index (χ0n) is 24.1. The number of hydrogen-bond acceptors (Lipinski definition) is 8. The van der Waals surface area contributed by atoms with Crippen LogP contribution in [0.3, 0.4) is 0 Å². The summed E-state index contributed by atoms with van der Waals surface area (Å²) in [6.07, 6.45) is 5.35. The Balaban J connectivity index is 1.27. The number of benzene rings is 1. The number of aromatic nitrogens is 3. The van der Waals surface area contributed by atoms with Gasteiger partial charge in [0.25, 0.3) is 0 Å². The number of aryl methyl sites for hydroxylation is 1. The van der Waals surface area contributed by atoms with Crippen molar-refractivity contribution in [3.63, 3.8) is 0 Å². The molecule has 0 bridgehead atoms. The van der Waals surface area contributed by atoms with Crippen LogP contribution >= 0.6 is 0 Å². The molecular formula is C29H39F2N5O5. The van der Waals surface area contributed by atoms with Crippen LogP contribution in [0.4, 0.5) is 8.78 Å². The Bertz CT molecular complexity index is 1270. The third kappa shape index (κ3) is 5.52. The molecule has 1 aromatic carbocycles. The molecule has 4 aliphatic rings. The smallest absolute Gasteiger partial charge is 0.238 e. The van der Waals surface area contributed by atoms with Gasteiger partial charge in [0.15, 0.2) is 17.4 Å². The second kappa shape index (κ2) is 11.3. The maximum atomic E-state index is 14.8. The van der Waals surface area contributed by atoms with Crippen molar-refractivity contribution >= 4 is 5.91 Å². The topological polar surface area (TPSA) is 91.2 Å². The normalized spacial score (nSPS) is 31.0. The summed E-state index contributed by atoms with van der Waals surface area (Å²) < 4.78 is 55.7. The Morgan fingerprint density at radius 1 is 1.15 bits per heavy atom. The molecule has 12 heteroatoms. The summed E-state index contributed by atoms with van der Waals surface area (Å²) in [5.41, 5.74) is 0.448. The van der Waals surface area contributed by atoms with Gasteiger partial charge in [0, 0.05) is 25.3 Å². The van der Waals surface area contributed by atoms with Gasteiger partial charge in [-0.15, -0.1) is 5.10 Å². The van der Waals surface area contributed by atoms with Gasteiger partial charge >= 0.3 is 0 Å². The predicted octanol–water partition coefficient (Wildman–Crippen LogP) is 3.44. The van der Waals surface area contributed by atoms with Gasteiger partial charge in [0.1, 0.15) is 30.0 Å². The molecule has 224 valence electrons. The molecule has 6 rings (SSSR count). The fourth-order valence-electron chi connectivity index (χ4n) is 6.77. The van der Waals surface area contributed by atoms with Crippen LogP contribution in [0, 0.1) is 18.6 Å². The number of carbonyl (C=O) groups excluding carboxylic acids is 1. The van der Waals surface area contributed by atoms with Crippen molar-refractivity contribution in [1.82, 2.24) is 24.8 Å². The number of methoxy groups -OCH3 is 1. The molecule has 1 saturated carbocycles. The van der Waals surface area contributed by atoms with Gasteiger partial charge in [0.2, 0.25) is 5.91 Å². The van der Waals surface area contributed by atoms with E-state index in [-0.39, 0.29) is 22.7 Å². The van der Waals surface area contributed by atoms with Crippen molar-refractivity contribution in [1.29, 1.82) is 0 Å². The SMILES string of the molecule is CO[C@@H]1[C@@H](n2cc(-c3ccc(C)c(F)c3F)nn2)[C@H]2OC(C)(C)OC[C@H]2O[C@@H]1CN1CC(=O)N(C2CCCCC2)C1. The molecule has 0 radical (unpaired) electrons. The third-order valence-electron chi connectivity index (χ3n) is 8.90. The molecule has 4 heterocycles. The number of hydrogen-bond donors (Lipinski definition) is 0. The summed E-state index contributed by atoms with van der Waals surface area (Å²) in [6.45, 7) is 6.84. The molecule has 1 aliphatic carbocycles. The molecule has 3 aliphatic heterocycles. The van der Waals surface area contributed by atoms with Gasteiger partial charge in [0.05, 0.1) is 32.1 Å². The molecule has 3 saturated heterocycles. The van der Waals surface area contributed by atoms with E-state index in [1.165, 1.54) is 25.5 Å². The lowest BCUT2D eigenvalue weighted by Crippen LogP contribution is -2.64. The van der Waals surface area contributed by atoms with Crippen LogP contribution in [0.1, 0.15) is 57.6 Å². The Hall–Kier alpha value is -2.51. The fraction of sp³-hybridized carbons (Fsp3) is 0.690. The van der Waals surface area contributed by atoms with Gasteiger partial charge < -0.3 is 23.8 Å². The highest BCUT2D eigenvalue weighted by atomic mass is 19.2. The van der Waals surface area contributed by atoms with Crippen molar-refractivity contribution < 1.29 is 32.5 Å².